The van der Waals surface area contributed by atoms with Crippen LogP contribution < -0.4 is 10.1 Å². The Hall–Kier alpha value is -3.42. The number of methoxy groups -OCH3 is 1. The van der Waals surface area contributed by atoms with Crippen molar-refractivity contribution in [1.82, 2.24) is 10.2 Å². The van der Waals surface area contributed by atoms with Crippen LogP contribution in [0.15, 0.2) is 79.4 Å². The van der Waals surface area contributed by atoms with Crippen molar-refractivity contribution in [3.05, 3.63) is 90.5 Å². The molecule has 2 aromatic carbocycles. The number of likely N-dealkylation sites (tertiary alicyclic amines) is 1. The first-order valence-electron chi connectivity index (χ1n) is 11.9. The zero-order valence-electron chi connectivity index (χ0n) is 19.8. The summed E-state index contributed by atoms with van der Waals surface area (Å²) in [6, 6.07) is 16.4. The third kappa shape index (κ3) is 4.15. The van der Waals surface area contributed by atoms with Crippen molar-refractivity contribution >= 4 is 11.8 Å². The van der Waals surface area contributed by atoms with Gasteiger partial charge in [0.1, 0.15) is 35.5 Å². The number of rotatable bonds is 10. The summed E-state index contributed by atoms with van der Waals surface area (Å²) in [6.07, 6.45) is 5.51. The highest BCUT2D eigenvalue weighted by atomic mass is 16.6. The molecule has 7 nitrogen and oxygen atoms in total. The minimum absolute atomic E-state index is 0.129. The largest absolute Gasteiger partial charge is 0.497 e. The number of carbonyl (C=O) groups excluding carboxylic acids is 2. The van der Waals surface area contributed by atoms with Crippen LogP contribution in [-0.4, -0.2) is 54.3 Å². The SMILES string of the molecule is C=CCCO[C@@H]1[C@H]2C(=O)N(Cc3ccc(OC)cc3)[C@H](C(=O)NCc3ccccc3)[C@]23C=C[C@H]1O3. The lowest BCUT2D eigenvalue weighted by Crippen LogP contribution is -2.54. The molecule has 2 fully saturated rings. The van der Waals surface area contributed by atoms with Gasteiger partial charge in [-0.2, -0.15) is 0 Å². The summed E-state index contributed by atoms with van der Waals surface area (Å²) in [4.78, 5) is 29.1. The van der Waals surface area contributed by atoms with Crippen LogP contribution >= 0.6 is 0 Å². The first kappa shape index (κ1) is 23.3. The number of nitrogens with one attached hydrogen (secondary N) is 1. The first-order chi connectivity index (χ1) is 17.1. The average Bonchev–Trinajstić information content (AvgIpc) is 3.52. The molecular weight excluding hydrogens is 444 g/mol. The van der Waals surface area contributed by atoms with E-state index in [4.69, 9.17) is 14.2 Å². The fourth-order valence-corrected chi connectivity index (χ4v) is 5.37. The molecule has 5 atom stereocenters. The Labute approximate surface area is 205 Å². The van der Waals surface area contributed by atoms with Crippen molar-refractivity contribution in [2.45, 2.75) is 43.4 Å². The summed E-state index contributed by atoms with van der Waals surface area (Å²) in [5, 5.41) is 3.03. The lowest BCUT2D eigenvalue weighted by Gasteiger charge is -2.32. The van der Waals surface area contributed by atoms with E-state index >= 15 is 0 Å². The predicted octanol–water partition coefficient (Wildman–Crippen LogP) is 3.01. The molecule has 2 saturated heterocycles. The summed E-state index contributed by atoms with van der Waals surface area (Å²) in [7, 11) is 1.61. The Morgan fingerprint density at radius 1 is 1.17 bits per heavy atom. The molecule has 3 aliphatic rings. The van der Waals surface area contributed by atoms with E-state index in [9.17, 15) is 9.59 Å². The second-order valence-electron chi connectivity index (χ2n) is 9.11. The third-order valence-electron chi connectivity index (χ3n) is 7.02. The highest BCUT2D eigenvalue weighted by Gasteiger charge is 2.71. The van der Waals surface area contributed by atoms with Gasteiger partial charge in [-0.25, -0.2) is 0 Å². The summed E-state index contributed by atoms with van der Waals surface area (Å²) in [5.41, 5.74) is 0.839. The van der Waals surface area contributed by atoms with Crippen LogP contribution in [0.5, 0.6) is 5.75 Å². The first-order valence-corrected chi connectivity index (χ1v) is 11.9. The maximum Gasteiger partial charge on any atom is 0.246 e. The van der Waals surface area contributed by atoms with E-state index in [1.165, 1.54) is 0 Å². The summed E-state index contributed by atoms with van der Waals surface area (Å²) >= 11 is 0. The molecular formula is C28H30N2O5. The molecule has 182 valence electrons. The van der Waals surface area contributed by atoms with Crippen molar-refractivity contribution in [2.24, 2.45) is 5.92 Å². The van der Waals surface area contributed by atoms with Gasteiger partial charge in [-0.05, 0) is 29.7 Å². The van der Waals surface area contributed by atoms with Crippen molar-refractivity contribution in [3.63, 3.8) is 0 Å². The van der Waals surface area contributed by atoms with Gasteiger partial charge in [0.2, 0.25) is 11.8 Å². The molecule has 0 aromatic heterocycles. The van der Waals surface area contributed by atoms with Crippen molar-refractivity contribution in [1.29, 1.82) is 0 Å². The molecule has 0 radical (unpaired) electrons. The number of amides is 2. The highest BCUT2D eigenvalue weighted by Crippen LogP contribution is 2.53. The fourth-order valence-electron chi connectivity index (χ4n) is 5.37. The number of benzene rings is 2. The monoisotopic (exact) mass is 474 g/mol. The van der Waals surface area contributed by atoms with Crippen molar-refractivity contribution < 1.29 is 23.8 Å². The predicted molar refractivity (Wildman–Crippen MR) is 130 cm³/mol. The standard InChI is InChI=1S/C28H30N2O5/c1-3-4-16-34-24-22-14-15-28(35-22)23(24)27(32)30(18-20-10-12-21(33-2)13-11-20)25(28)26(31)29-17-19-8-6-5-7-9-19/h3,5-15,22-25H,1,4,16-18H2,2H3,(H,29,31)/t22-,23+,24+,25-,28+/m1/s1. The normalized spacial score (nSPS) is 28.3. The van der Waals surface area contributed by atoms with Gasteiger partial charge < -0.3 is 24.4 Å². The van der Waals surface area contributed by atoms with E-state index < -0.39 is 23.7 Å². The lowest BCUT2D eigenvalue weighted by molar-refractivity contribution is -0.142. The average molecular weight is 475 g/mol. The molecule has 3 aliphatic heterocycles. The second-order valence-corrected chi connectivity index (χ2v) is 9.11. The lowest BCUT2D eigenvalue weighted by atomic mass is 9.79. The Balaban J connectivity index is 1.44. The molecule has 2 amide bonds. The minimum atomic E-state index is -1.05. The highest BCUT2D eigenvalue weighted by molar-refractivity contribution is 5.96. The Morgan fingerprint density at radius 3 is 2.66 bits per heavy atom. The van der Waals surface area contributed by atoms with Gasteiger partial charge in [0.15, 0.2) is 0 Å². The van der Waals surface area contributed by atoms with E-state index in [0.29, 0.717) is 19.6 Å². The summed E-state index contributed by atoms with van der Waals surface area (Å²) < 4.78 is 17.7. The molecule has 0 aliphatic carbocycles. The molecule has 1 N–H and O–H groups in total. The van der Waals surface area contributed by atoms with Gasteiger partial charge in [0, 0.05) is 13.1 Å². The van der Waals surface area contributed by atoms with Crippen molar-refractivity contribution in [2.75, 3.05) is 13.7 Å². The van der Waals surface area contributed by atoms with E-state index in [-0.39, 0.29) is 24.5 Å². The maximum absolute atomic E-state index is 13.8. The van der Waals surface area contributed by atoms with Crippen LogP contribution in [-0.2, 0) is 32.2 Å². The van der Waals surface area contributed by atoms with E-state index in [2.05, 4.69) is 11.9 Å². The smallest absolute Gasteiger partial charge is 0.246 e. The van der Waals surface area contributed by atoms with Crippen LogP contribution in [0.3, 0.4) is 0 Å². The van der Waals surface area contributed by atoms with Crippen LogP contribution in [0.4, 0.5) is 0 Å². The quantitative estimate of drug-likeness (QED) is 0.423. The molecule has 3 heterocycles. The van der Waals surface area contributed by atoms with Crippen molar-refractivity contribution in [3.8, 4) is 5.75 Å². The number of hydrogen-bond donors (Lipinski definition) is 1. The molecule has 5 rings (SSSR count). The van der Waals surface area contributed by atoms with Gasteiger partial charge in [-0.3, -0.25) is 9.59 Å². The maximum atomic E-state index is 13.8. The van der Waals surface area contributed by atoms with Crippen LogP contribution in [0, 0.1) is 5.92 Å². The number of ether oxygens (including phenoxy) is 3. The van der Waals surface area contributed by atoms with Crippen LogP contribution in [0.1, 0.15) is 17.5 Å². The molecule has 0 saturated carbocycles. The molecule has 0 unspecified atom stereocenters. The van der Waals surface area contributed by atoms with E-state index in [0.717, 1.165) is 16.9 Å². The molecule has 1 spiro atoms. The Morgan fingerprint density at radius 2 is 1.94 bits per heavy atom. The molecule has 35 heavy (non-hydrogen) atoms. The number of fused-ring (bicyclic) bond motifs is 1. The fraction of sp³-hybridized carbons (Fsp3) is 0.357. The summed E-state index contributed by atoms with van der Waals surface area (Å²) in [5.74, 6) is -0.214. The topological polar surface area (TPSA) is 77.1 Å². The number of hydrogen-bond acceptors (Lipinski definition) is 5. The Bertz CT molecular complexity index is 1120. The zero-order valence-corrected chi connectivity index (χ0v) is 19.8. The van der Waals surface area contributed by atoms with Gasteiger partial charge in [-0.15, -0.1) is 6.58 Å². The van der Waals surface area contributed by atoms with Gasteiger partial charge >= 0.3 is 0 Å². The van der Waals surface area contributed by atoms with E-state index in [1.807, 2.05) is 66.7 Å². The van der Waals surface area contributed by atoms with Gasteiger partial charge in [-0.1, -0.05) is 60.7 Å². The van der Waals surface area contributed by atoms with Gasteiger partial charge in [0.05, 0.1) is 13.7 Å². The molecule has 7 heteroatoms. The van der Waals surface area contributed by atoms with Crippen LogP contribution in [0.25, 0.3) is 0 Å². The van der Waals surface area contributed by atoms with E-state index in [1.54, 1.807) is 18.1 Å². The number of carbonyl (C=O) groups is 2. The zero-order chi connectivity index (χ0) is 24.4. The number of nitrogens with zero attached hydrogens (tertiary/aromatic N) is 1. The molecule has 2 bridgehead atoms. The second kappa shape index (κ2) is 9.68. The summed E-state index contributed by atoms with van der Waals surface area (Å²) in [6.45, 7) is 4.84. The Kier molecular flexibility index (Phi) is 6.45. The van der Waals surface area contributed by atoms with Gasteiger partial charge in [0.25, 0.3) is 0 Å². The van der Waals surface area contributed by atoms with Crippen LogP contribution in [0.2, 0.25) is 0 Å². The molecule has 2 aromatic rings. The minimum Gasteiger partial charge on any atom is -0.497 e. The third-order valence-corrected chi connectivity index (χ3v) is 7.02.